The van der Waals surface area contributed by atoms with Gasteiger partial charge in [-0.1, -0.05) is 0 Å². The summed E-state index contributed by atoms with van der Waals surface area (Å²) in [5, 5.41) is 0. The first-order valence-corrected chi connectivity index (χ1v) is 5.49. The molecule has 3 nitrogen and oxygen atoms in total. The van der Waals surface area contributed by atoms with Crippen molar-refractivity contribution < 1.29 is 0 Å². The highest BCUT2D eigenvalue weighted by Crippen LogP contribution is 2.24. The molecule has 2 unspecified atom stereocenters. The third-order valence-electron chi connectivity index (χ3n) is 3.43. The first-order valence-electron chi connectivity index (χ1n) is 5.49. The van der Waals surface area contributed by atoms with E-state index in [2.05, 4.69) is 16.7 Å². The van der Waals surface area contributed by atoms with Gasteiger partial charge in [-0.25, -0.2) is 0 Å². The van der Waals surface area contributed by atoms with Crippen molar-refractivity contribution in [3.63, 3.8) is 0 Å². The van der Waals surface area contributed by atoms with Crippen LogP contribution in [0.4, 0.5) is 0 Å². The molecule has 0 aliphatic carbocycles. The lowest BCUT2D eigenvalue weighted by Gasteiger charge is -2.42. The molecular weight excluding hydrogens is 162 g/mol. The molecule has 3 heteroatoms. The van der Waals surface area contributed by atoms with E-state index in [0.717, 1.165) is 25.2 Å². The molecule has 2 saturated heterocycles. The molecule has 0 bridgehead atoms. The molecule has 2 heterocycles. The molecule has 76 valence electrons. The van der Waals surface area contributed by atoms with E-state index in [-0.39, 0.29) is 0 Å². The molecule has 0 aromatic carbocycles. The van der Waals surface area contributed by atoms with Crippen molar-refractivity contribution in [1.29, 1.82) is 0 Å². The second kappa shape index (κ2) is 3.95. The predicted octanol–water partition coefficient (Wildman–Crippen LogP) is 0.114. The highest BCUT2D eigenvalue weighted by atomic mass is 15.3. The number of nitrogens with two attached hydrogens (primary N) is 1. The maximum Gasteiger partial charge on any atom is 0.0227 e. The van der Waals surface area contributed by atoms with E-state index in [1.165, 1.54) is 32.5 Å². The van der Waals surface area contributed by atoms with Crippen LogP contribution in [0.25, 0.3) is 0 Å². The fourth-order valence-electron chi connectivity index (χ4n) is 2.85. The Morgan fingerprint density at radius 3 is 3.00 bits per heavy atom. The molecule has 0 aromatic rings. The van der Waals surface area contributed by atoms with Gasteiger partial charge in [0.1, 0.15) is 0 Å². The fourth-order valence-corrected chi connectivity index (χ4v) is 2.85. The Balaban J connectivity index is 1.93. The number of hydrogen-bond donors (Lipinski definition) is 1. The van der Waals surface area contributed by atoms with E-state index in [1.807, 2.05) is 0 Å². The Kier molecular flexibility index (Phi) is 2.86. The second-order valence-electron chi connectivity index (χ2n) is 4.43. The summed E-state index contributed by atoms with van der Waals surface area (Å²) in [6.07, 6.45) is 2.79. The van der Waals surface area contributed by atoms with E-state index in [0.29, 0.717) is 0 Å². The second-order valence-corrected chi connectivity index (χ2v) is 4.43. The smallest absolute Gasteiger partial charge is 0.0227 e. The van der Waals surface area contributed by atoms with Crippen LogP contribution in [-0.2, 0) is 0 Å². The van der Waals surface area contributed by atoms with E-state index >= 15 is 0 Å². The zero-order valence-corrected chi connectivity index (χ0v) is 8.58. The monoisotopic (exact) mass is 183 g/mol. The summed E-state index contributed by atoms with van der Waals surface area (Å²) >= 11 is 0. The van der Waals surface area contributed by atoms with Crippen LogP contribution in [0.5, 0.6) is 0 Å². The Hall–Kier alpha value is -0.120. The quantitative estimate of drug-likeness (QED) is 0.660. The lowest BCUT2D eigenvalue weighted by Crippen LogP contribution is -2.55. The van der Waals surface area contributed by atoms with E-state index in [1.54, 1.807) is 0 Å². The summed E-state index contributed by atoms with van der Waals surface area (Å²) in [7, 11) is 0. The minimum Gasteiger partial charge on any atom is -0.329 e. The maximum absolute atomic E-state index is 5.59. The third kappa shape index (κ3) is 1.87. The van der Waals surface area contributed by atoms with Gasteiger partial charge in [0.2, 0.25) is 0 Å². The van der Waals surface area contributed by atoms with Crippen molar-refractivity contribution in [1.82, 2.24) is 9.80 Å². The zero-order chi connectivity index (χ0) is 9.26. The summed E-state index contributed by atoms with van der Waals surface area (Å²) in [6.45, 7) is 8.02. The van der Waals surface area contributed by atoms with Gasteiger partial charge in [0.25, 0.3) is 0 Å². The summed E-state index contributed by atoms with van der Waals surface area (Å²) in [5.41, 5.74) is 5.59. The molecule has 2 fully saturated rings. The molecule has 0 aromatic heterocycles. The van der Waals surface area contributed by atoms with Crippen molar-refractivity contribution in [3.8, 4) is 0 Å². The van der Waals surface area contributed by atoms with Gasteiger partial charge in [0.15, 0.2) is 0 Å². The van der Waals surface area contributed by atoms with Gasteiger partial charge in [-0.2, -0.15) is 0 Å². The number of piperazine rings is 1. The Morgan fingerprint density at radius 1 is 1.38 bits per heavy atom. The van der Waals surface area contributed by atoms with Gasteiger partial charge in [-0.05, 0) is 26.3 Å². The van der Waals surface area contributed by atoms with Crippen LogP contribution >= 0.6 is 0 Å². The zero-order valence-electron chi connectivity index (χ0n) is 8.58. The largest absolute Gasteiger partial charge is 0.329 e. The highest BCUT2D eigenvalue weighted by Gasteiger charge is 2.34. The molecule has 2 rings (SSSR count). The van der Waals surface area contributed by atoms with Gasteiger partial charge in [-0.15, -0.1) is 0 Å². The van der Waals surface area contributed by atoms with E-state index in [4.69, 9.17) is 5.73 Å². The molecule has 2 atom stereocenters. The predicted molar refractivity (Wildman–Crippen MR) is 54.7 cm³/mol. The van der Waals surface area contributed by atoms with Crippen LogP contribution in [0, 0.1) is 0 Å². The van der Waals surface area contributed by atoms with Gasteiger partial charge in [0.05, 0.1) is 0 Å². The first-order chi connectivity index (χ1) is 6.31. The fraction of sp³-hybridized carbons (Fsp3) is 1.00. The Labute approximate surface area is 80.9 Å². The molecule has 0 amide bonds. The summed E-state index contributed by atoms with van der Waals surface area (Å²) in [4.78, 5) is 5.20. The minimum absolute atomic E-state index is 0.743. The van der Waals surface area contributed by atoms with E-state index < -0.39 is 0 Å². The lowest BCUT2D eigenvalue weighted by atomic mass is 10.1. The molecule has 2 aliphatic rings. The van der Waals surface area contributed by atoms with Gasteiger partial charge in [-0.3, -0.25) is 9.80 Å². The Morgan fingerprint density at radius 2 is 2.23 bits per heavy atom. The average molecular weight is 183 g/mol. The molecule has 2 aliphatic heterocycles. The van der Waals surface area contributed by atoms with Gasteiger partial charge in [0, 0.05) is 38.3 Å². The molecular formula is C10H21N3. The van der Waals surface area contributed by atoms with Crippen molar-refractivity contribution in [2.24, 2.45) is 5.73 Å². The molecule has 2 N–H and O–H groups in total. The van der Waals surface area contributed by atoms with Gasteiger partial charge >= 0.3 is 0 Å². The van der Waals surface area contributed by atoms with Crippen molar-refractivity contribution >= 4 is 0 Å². The first kappa shape index (κ1) is 9.44. The third-order valence-corrected chi connectivity index (χ3v) is 3.43. The summed E-state index contributed by atoms with van der Waals surface area (Å²) in [5.74, 6) is 0. The minimum atomic E-state index is 0.743. The number of hydrogen-bond acceptors (Lipinski definition) is 3. The maximum atomic E-state index is 5.59. The Bertz CT molecular complexity index is 172. The summed E-state index contributed by atoms with van der Waals surface area (Å²) in [6, 6.07) is 1.57. The van der Waals surface area contributed by atoms with Crippen LogP contribution in [0.1, 0.15) is 19.8 Å². The van der Waals surface area contributed by atoms with Crippen molar-refractivity contribution in [2.75, 3.05) is 32.7 Å². The van der Waals surface area contributed by atoms with Crippen LogP contribution in [-0.4, -0.2) is 54.6 Å². The highest BCUT2D eigenvalue weighted by molar-refractivity contribution is 4.91. The van der Waals surface area contributed by atoms with Crippen LogP contribution in [0.3, 0.4) is 0 Å². The van der Waals surface area contributed by atoms with Crippen LogP contribution in [0.15, 0.2) is 0 Å². The average Bonchev–Trinajstić information content (AvgIpc) is 2.53. The van der Waals surface area contributed by atoms with E-state index in [9.17, 15) is 0 Å². The number of fused-ring (bicyclic) bond motifs is 1. The summed E-state index contributed by atoms with van der Waals surface area (Å²) < 4.78 is 0. The number of rotatable bonds is 2. The van der Waals surface area contributed by atoms with Crippen molar-refractivity contribution in [2.45, 2.75) is 31.8 Å². The van der Waals surface area contributed by atoms with Crippen LogP contribution < -0.4 is 5.73 Å². The molecule has 0 radical (unpaired) electrons. The molecule has 0 saturated carbocycles. The van der Waals surface area contributed by atoms with Gasteiger partial charge < -0.3 is 5.73 Å². The molecule has 0 spiro atoms. The lowest BCUT2D eigenvalue weighted by molar-refractivity contribution is 0.0609. The normalized spacial score (nSPS) is 36.5. The van der Waals surface area contributed by atoms with Crippen molar-refractivity contribution in [3.05, 3.63) is 0 Å². The number of nitrogens with zero attached hydrogens (tertiary/aromatic N) is 2. The topological polar surface area (TPSA) is 32.5 Å². The standard InChI is InChI=1S/C10H21N3/c1-9-7-12(6-4-11)8-10-3-2-5-13(9)10/h9-10H,2-8,11H2,1H3. The van der Waals surface area contributed by atoms with Crippen LogP contribution in [0.2, 0.25) is 0 Å². The molecule has 13 heavy (non-hydrogen) atoms. The SMILES string of the molecule is CC1CN(CCN)CC2CCCN12.